The van der Waals surface area contributed by atoms with Gasteiger partial charge < -0.3 is 4.57 Å². The second-order valence-corrected chi connectivity index (χ2v) is 11.1. The normalized spacial score (nSPS) is 12.3. The van der Waals surface area contributed by atoms with Crippen molar-refractivity contribution in [2.45, 2.75) is 0 Å². The number of carbonyl (C=O) groups is 2. The van der Waals surface area contributed by atoms with Crippen molar-refractivity contribution in [3.8, 4) is 40.1 Å². The Bertz CT molecular complexity index is 2450. The zero-order valence-electron chi connectivity index (χ0n) is 24.3. The summed E-state index contributed by atoms with van der Waals surface area (Å²) in [7, 11) is 0. The Labute approximate surface area is 264 Å². The molecule has 6 aromatic carbocycles. The zero-order chi connectivity index (χ0) is 31.4. The predicted octanol–water partition coefficient (Wildman–Crippen LogP) is 8.66. The van der Waals surface area contributed by atoms with Crippen LogP contribution in [0.25, 0.3) is 49.7 Å². The lowest BCUT2D eigenvalue weighted by Crippen LogP contribution is -2.29. The predicted molar refractivity (Wildman–Crippen MR) is 179 cm³/mol. The first-order valence-corrected chi connectivity index (χ1v) is 14.7. The van der Waals surface area contributed by atoms with E-state index in [0.717, 1.165) is 38.5 Å². The maximum absolute atomic E-state index is 14.3. The van der Waals surface area contributed by atoms with Crippen LogP contribution in [0.1, 0.15) is 31.8 Å². The molecule has 2 amide bonds. The van der Waals surface area contributed by atoms with Gasteiger partial charge in [-0.05, 0) is 65.2 Å². The summed E-state index contributed by atoms with van der Waals surface area (Å²) in [6.45, 7) is 0. The number of hydrogen-bond donors (Lipinski definition) is 0. The van der Waals surface area contributed by atoms with E-state index in [1.165, 1.54) is 4.90 Å². The van der Waals surface area contributed by atoms with Crippen molar-refractivity contribution in [3.05, 3.63) is 156 Å². The molecule has 0 aliphatic carbocycles. The number of benzene rings is 6. The summed E-state index contributed by atoms with van der Waals surface area (Å²) in [5, 5.41) is 21.3. The van der Waals surface area contributed by atoms with Crippen molar-refractivity contribution in [1.82, 2.24) is 4.57 Å². The van der Waals surface area contributed by atoms with E-state index in [0.29, 0.717) is 39.2 Å². The van der Waals surface area contributed by atoms with Gasteiger partial charge in [0.2, 0.25) is 0 Å². The molecule has 0 radical (unpaired) electrons. The first-order chi connectivity index (χ1) is 22.6. The third kappa shape index (κ3) is 4.02. The number of imide groups is 1. The average Bonchev–Trinajstić information content (AvgIpc) is 3.59. The molecule has 7 aromatic rings. The minimum Gasteiger partial charge on any atom is -0.308 e. The van der Waals surface area contributed by atoms with Crippen LogP contribution in [0.4, 0.5) is 5.69 Å². The van der Waals surface area contributed by atoms with Crippen LogP contribution in [-0.4, -0.2) is 16.4 Å². The van der Waals surface area contributed by atoms with Crippen molar-refractivity contribution in [1.29, 1.82) is 10.5 Å². The van der Waals surface area contributed by atoms with Gasteiger partial charge in [-0.25, -0.2) is 4.90 Å². The quantitative estimate of drug-likeness (QED) is 0.192. The maximum Gasteiger partial charge on any atom is 0.268 e. The molecule has 1 aliphatic heterocycles. The number of aromatic nitrogens is 1. The highest BCUT2D eigenvalue weighted by Gasteiger charge is 2.39. The lowest BCUT2D eigenvalue weighted by atomic mass is 9.98. The first kappa shape index (κ1) is 26.8. The van der Waals surface area contributed by atoms with E-state index in [4.69, 9.17) is 0 Å². The van der Waals surface area contributed by atoms with E-state index >= 15 is 0 Å². The molecule has 6 heteroatoms. The van der Waals surface area contributed by atoms with E-state index < -0.39 is 5.91 Å². The Morgan fingerprint density at radius 1 is 0.522 bits per heavy atom. The summed E-state index contributed by atoms with van der Waals surface area (Å²) in [5.41, 5.74) is 7.69. The van der Waals surface area contributed by atoms with Gasteiger partial charge in [0.25, 0.3) is 11.8 Å². The molecule has 214 valence electrons. The van der Waals surface area contributed by atoms with Crippen molar-refractivity contribution >= 4 is 39.3 Å². The van der Waals surface area contributed by atoms with Gasteiger partial charge in [0.05, 0.1) is 56.8 Å². The van der Waals surface area contributed by atoms with Crippen molar-refractivity contribution in [2.75, 3.05) is 4.90 Å². The molecule has 6 nitrogen and oxygen atoms in total. The van der Waals surface area contributed by atoms with Crippen molar-refractivity contribution in [3.63, 3.8) is 0 Å². The third-order valence-corrected chi connectivity index (χ3v) is 8.56. The number of carbonyl (C=O) groups excluding carboxylic acids is 2. The Balaban J connectivity index is 1.34. The molecule has 0 saturated heterocycles. The van der Waals surface area contributed by atoms with E-state index in [9.17, 15) is 20.1 Å². The monoisotopic (exact) mass is 590 g/mol. The fraction of sp³-hybridized carbons (Fsp3) is 0. The van der Waals surface area contributed by atoms with Crippen LogP contribution < -0.4 is 4.90 Å². The lowest BCUT2D eigenvalue weighted by Gasteiger charge is -2.16. The molecule has 0 atom stereocenters. The van der Waals surface area contributed by atoms with Gasteiger partial charge in [-0.3, -0.25) is 9.59 Å². The molecule has 0 N–H and O–H groups in total. The lowest BCUT2D eigenvalue weighted by molar-refractivity contribution is 0.0926. The minimum absolute atomic E-state index is 0.320. The highest BCUT2D eigenvalue weighted by atomic mass is 16.2. The van der Waals surface area contributed by atoms with Gasteiger partial charge >= 0.3 is 0 Å². The Hall–Kier alpha value is -6.76. The summed E-state index contributed by atoms with van der Waals surface area (Å²) >= 11 is 0. The van der Waals surface area contributed by atoms with Crippen molar-refractivity contribution < 1.29 is 9.59 Å². The molecule has 1 aliphatic rings. The number of amides is 2. The Morgan fingerprint density at radius 2 is 1.15 bits per heavy atom. The minimum atomic E-state index is -0.398. The van der Waals surface area contributed by atoms with Crippen LogP contribution in [0.15, 0.2) is 133 Å². The molecule has 0 bridgehead atoms. The first-order valence-electron chi connectivity index (χ1n) is 14.7. The van der Waals surface area contributed by atoms with E-state index in [2.05, 4.69) is 12.1 Å². The standard InChI is InChI=1S/C40H22N4O2/c41-23-25-20-26(24-42)22-29(21-25)31-11-6-12-33-32-10-4-5-14-35(32)44(38(31)33)36-15-7-13-34-37(36)40(46)43(39(34)45)30-18-16-28(17-19-30)27-8-2-1-3-9-27/h1-22H. The number of anilines is 1. The van der Waals surface area contributed by atoms with E-state index in [1.54, 1.807) is 42.5 Å². The number of fused-ring (bicyclic) bond motifs is 4. The Kier molecular flexibility index (Phi) is 6.10. The molecule has 1 aromatic heterocycles. The van der Waals surface area contributed by atoms with Crippen LogP contribution in [0.2, 0.25) is 0 Å². The van der Waals surface area contributed by atoms with Crippen LogP contribution in [0.5, 0.6) is 0 Å². The van der Waals surface area contributed by atoms with Gasteiger partial charge in [0.1, 0.15) is 0 Å². The molecule has 0 fully saturated rings. The number of nitriles is 2. The van der Waals surface area contributed by atoms with Crippen LogP contribution in [-0.2, 0) is 0 Å². The summed E-state index contributed by atoms with van der Waals surface area (Å²) in [6, 6.07) is 46.0. The third-order valence-electron chi connectivity index (χ3n) is 8.56. The number of hydrogen-bond acceptors (Lipinski definition) is 4. The molecular weight excluding hydrogens is 568 g/mol. The Morgan fingerprint density at radius 3 is 1.89 bits per heavy atom. The SMILES string of the molecule is N#Cc1cc(C#N)cc(-c2cccc3c4ccccc4n(-c4cccc5c4C(=O)N(c4ccc(-c6ccccc6)cc4)C5=O)c23)c1. The van der Waals surface area contributed by atoms with Gasteiger partial charge in [0.15, 0.2) is 0 Å². The second-order valence-electron chi connectivity index (χ2n) is 11.1. The largest absolute Gasteiger partial charge is 0.308 e. The van der Waals surface area contributed by atoms with E-state index in [-0.39, 0.29) is 5.91 Å². The van der Waals surface area contributed by atoms with E-state index in [1.807, 2.05) is 95.6 Å². The van der Waals surface area contributed by atoms with Gasteiger partial charge in [-0.2, -0.15) is 10.5 Å². The highest BCUT2D eigenvalue weighted by Crippen LogP contribution is 2.41. The summed E-state index contributed by atoms with van der Waals surface area (Å²) in [4.78, 5) is 29.4. The summed E-state index contributed by atoms with van der Waals surface area (Å²) < 4.78 is 2.02. The molecule has 46 heavy (non-hydrogen) atoms. The van der Waals surface area contributed by atoms with Gasteiger partial charge in [-0.1, -0.05) is 84.9 Å². The molecule has 2 heterocycles. The zero-order valence-corrected chi connectivity index (χ0v) is 24.3. The number of rotatable bonds is 4. The molecule has 0 saturated carbocycles. The fourth-order valence-electron chi connectivity index (χ4n) is 6.54. The summed E-state index contributed by atoms with van der Waals surface area (Å²) in [5.74, 6) is -0.777. The highest BCUT2D eigenvalue weighted by molar-refractivity contribution is 6.36. The number of nitrogens with zero attached hydrogens (tertiary/aromatic N) is 4. The molecule has 0 spiro atoms. The molecule has 0 unspecified atom stereocenters. The maximum atomic E-state index is 14.3. The van der Waals surface area contributed by atoms with Crippen LogP contribution >= 0.6 is 0 Å². The second kappa shape index (κ2) is 10.4. The van der Waals surface area contributed by atoms with Crippen molar-refractivity contribution in [2.24, 2.45) is 0 Å². The smallest absolute Gasteiger partial charge is 0.268 e. The summed E-state index contributed by atoms with van der Waals surface area (Å²) in [6.07, 6.45) is 0. The van der Waals surface area contributed by atoms with Gasteiger partial charge in [0, 0.05) is 16.3 Å². The molecular formula is C40H22N4O2. The molecule has 8 rings (SSSR count). The van der Waals surface area contributed by atoms with Crippen LogP contribution in [0, 0.1) is 22.7 Å². The average molecular weight is 591 g/mol. The van der Waals surface area contributed by atoms with Crippen LogP contribution in [0.3, 0.4) is 0 Å². The fourth-order valence-corrected chi connectivity index (χ4v) is 6.54. The topological polar surface area (TPSA) is 89.9 Å². The number of para-hydroxylation sites is 2. The van der Waals surface area contributed by atoms with Gasteiger partial charge in [-0.15, -0.1) is 0 Å².